The Hall–Kier alpha value is -2.05. The molecule has 2 aromatic rings. The number of phenolic OH excluding ortho intramolecular Hbond substituents is 1. The van der Waals surface area contributed by atoms with Gasteiger partial charge in [-0.25, -0.2) is 0 Å². The number of hydrogen-bond acceptors (Lipinski definition) is 5. The predicted molar refractivity (Wildman–Crippen MR) is 101 cm³/mol. The number of H-pyrrole nitrogens is 1. The van der Waals surface area contributed by atoms with Crippen molar-refractivity contribution in [1.82, 2.24) is 9.88 Å². The molecule has 0 amide bonds. The van der Waals surface area contributed by atoms with Gasteiger partial charge in [0, 0.05) is 47.7 Å². The Balaban J connectivity index is 1.80. The number of hydrogen-bond donors (Lipinski definition) is 3. The Morgan fingerprint density at radius 3 is 3.00 bits per heavy atom. The van der Waals surface area contributed by atoms with Crippen molar-refractivity contribution in [1.29, 1.82) is 0 Å². The van der Waals surface area contributed by atoms with E-state index in [1.165, 1.54) is 7.11 Å². The smallest absolute Gasteiger partial charge is 0.319 e. The van der Waals surface area contributed by atoms with Crippen LogP contribution in [0.3, 0.4) is 0 Å². The highest BCUT2D eigenvalue weighted by Gasteiger charge is 2.63. The molecular weight excluding hydrogens is 344 g/mol. The van der Waals surface area contributed by atoms with E-state index in [9.17, 15) is 15.0 Å². The summed E-state index contributed by atoms with van der Waals surface area (Å²) in [6.07, 6.45) is 2.07. The highest BCUT2D eigenvalue weighted by Crippen LogP contribution is 2.55. The monoisotopic (exact) mass is 370 g/mol. The molecule has 3 aliphatic heterocycles. The van der Waals surface area contributed by atoms with Gasteiger partial charge in [0.25, 0.3) is 0 Å². The molecule has 1 saturated carbocycles. The van der Waals surface area contributed by atoms with Crippen LogP contribution in [0.25, 0.3) is 10.9 Å². The molecule has 1 aromatic carbocycles. The van der Waals surface area contributed by atoms with Crippen molar-refractivity contribution >= 4 is 16.9 Å². The predicted octanol–water partition coefficient (Wildman–Crippen LogP) is 1.93. The number of ether oxygens (including phenoxy) is 1. The number of aromatic hydroxyl groups is 1. The Morgan fingerprint density at radius 2 is 2.26 bits per heavy atom. The summed E-state index contributed by atoms with van der Waals surface area (Å²) < 4.78 is 5.36. The first kappa shape index (κ1) is 17.1. The Labute approximate surface area is 158 Å². The van der Waals surface area contributed by atoms with Crippen molar-refractivity contribution in [2.24, 2.45) is 11.8 Å². The molecule has 6 rings (SSSR count). The molecule has 0 radical (unpaired) electrons. The van der Waals surface area contributed by atoms with Gasteiger partial charge < -0.3 is 19.9 Å². The lowest BCUT2D eigenvalue weighted by Crippen LogP contribution is -2.68. The van der Waals surface area contributed by atoms with E-state index in [2.05, 4.69) is 9.88 Å². The van der Waals surface area contributed by atoms with E-state index in [1.54, 1.807) is 12.1 Å². The molecule has 6 nitrogen and oxygen atoms in total. The summed E-state index contributed by atoms with van der Waals surface area (Å²) >= 11 is 0. The topological polar surface area (TPSA) is 85.8 Å². The summed E-state index contributed by atoms with van der Waals surface area (Å²) in [4.78, 5) is 19.2. The number of phenols is 1. The molecule has 4 heterocycles. The SMILES string of the molecule is COC(=O)C12CC3CC(C(C)O)C1N(CCc1c2[nH]c2cc(O)ccc12)C3. The van der Waals surface area contributed by atoms with Crippen molar-refractivity contribution in [3.63, 3.8) is 0 Å². The zero-order valence-electron chi connectivity index (χ0n) is 15.7. The van der Waals surface area contributed by atoms with Crippen LogP contribution >= 0.6 is 0 Å². The summed E-state index contributed by atoms with van der Waals surface area (Å²) in [7, 11) is 1.46. The molecule has 3 fully saturated rings. The number of esters is 1. The fourth-order valence-electron chi connectivity index (χ4n) is 6.27. The Kier molecular flexibility index (Phi) is 3.62. The van der Waals surface area contributed by atoms with E-state index in [1.807, 2.05) is 13.0 Å². The first-order valence-electron chi connectivity index (χ1n) is 9.80. The third kappa shape index (κ3) is 2.17. The summed E-state index contributed by atoms with van der Waals surface area (Å²) in [5, 5.41) is 21.5. The fourth-order valence-corrected chi connectivity index (χ4v) is 6.27. The van der Waals surface area contributed by atoms with Gasteiger partial charge in [-0.1, -0.05) is 0 Å². The average molecular weight is 370 g/mol. The van der Waals surface area contributed by atoms with Gasteiger partial charge in [0.15, 0.2) is 0 Å². The molecule has 4 aliphatic rings. The average Bonchev–Trinajstić information content (AvgIpc) is 2.98. The van der Waals surface area contributed by atoms with Gasteiger partial charge in [-0.3, -0.25) is 9.69 Å². The van der Waals surface area contributed by atoms with E-state index in [-0.39, 0.29) is 23.7 Å². The maximum atomic E-state index is 13.3. The standard InChI is InChI=1S/C21H26N2O4/c1-11(24)16-7-12-9-21(20(26)27-2)18-15(5-6-23(10-12)19(16)21)14-4-3-13(25)8-17(14)22-18/h3-4,8,11-12,16,19,22,24-25H,5-7,9-10H2,1-2H3. The van der Waals surface area contributed by atoms with Crippen LogP contribution in [-0.4, -0.2) is 58.4 Å². The molecule has 27 heavy (non-hydrogen) atoms. The summed E-state index contributed by atoms with van der Waals surface area (Å²) in [5.41, 5.74) is 2.14. The number of carbonyl (C=O) groups excluding carboxylic acids is 1. The second kappa shape index (κ2) is 5.72. The minimum atomic E-state index is -0.794. The number of carbonyl (C=O) groups is 1. The van der Waals surface area contributed by atoms with Crippen LogP contribution in [0.15, 0.2) is 18.2 Å². The Morgan fingerprint density at radius 1 is 1.44 bits per heavy atom. The molecule has 0 spiro atoms. The molecule has 6 atom stereocenters. The maximum Gasteiger partial charge on any atom is 0.319 e. The Bertz CT molecular complexity index is 920. The fraction of sp³-hybridized carbons (Fsp3) is 0.571. The number of nitrogens with zero attached hydrogens (tertiary/aromatic N) is 1. The molecule has 1 aromatic heterocycles. The largest absolute Gasteiger partial charge is 0.508 e. The lowest BCUT2D eigenvalue weighted by Gasteiger charge is -2.58. The summed E-state index contributed by atoms with van der Waals surface area (Å²) in [5.74, 6) is 0.396. The van der Waals surface area contributed by atoms with Gasteiger partial charge in [-0.15, -0.1) is 0 Å². The van der Waals surface area contributed by atoms with Crippen molar-refractivity contribution in [3.05, 3.63) is 29.5 Å². The zero-order valence-corrected chi connectivity index (χ0v) is 15.7. The van der Waals surface area contributed by atoms with Crippen LogP contribution in [0, 0.1) is 11.8 Å². The second-order valence-corrected chi connectivity index (χ2v) is 8.57. The lowest BCUT2D eigenvalue weighted by atomic mass is 9.56. The van der Waals surface area contributed by atoms with Crippen LogP contribution in [0.2, 0.25) is 0 Å². The molecule has 2 saturated heterocycles. The lowest BCUT2D eigenvalue weighted by molar-refractivity contribution is -0.166. The second-order valence-electron chi connectivity index (χ2n) is 8.57. The van der Waals surface area contributed by atoms with Gasteiger partial charge in [0.2, 0.25) is 0 Å². The number of aliphatic hydroxyl groups is 1. The van der Waals surface area contributed by atoms with Gasteiger partial charge in [-0.05, 0) is 49.8 Å². The highest BCUT2D eigenvalue weighted by atomic mass is 16.5. The normalized spacial score (nSPS) is 35.5. The molecule has 144 valence electrons. The summed E-state index contributed by atoms with van der Waals surface area (Å²) in [6, 6.07) is 5.28. The van der Waals surface area contributed by atoms with E-state index in [0.29, 0.717) is 5.92 Å². The van der Waals surface area contributed by atoms with Gasteiger partial charge in [0.05, 0.1) is 13.2 Å². The quantitative estimate of drug-likeness (QED) is 0.704. The number of rotatable bonds is 2. The molecule has 1 aliphatic carbocycles. The first-order chi connectivity index (χ1) is 13.0. The molecular formula is C21H26N2O4. The van der Waals surface area contributed by atoms with E-state index < -0.39 is 11.5 Å². The molecule has 4 bridgehead atoms. The van der Waals surface area contributed by atoms with Crippen molar-refractivity contribution in [2.75, 3.05) is 20.2 Å². The van der Waals surface area contributed by atoms with Crippen LogP contribution in [0.4, 0.5) is 0 Å². The number of fused-ring (bicyclic) bond motifs is 4. The van der Waals surface area contributed by atoms with Gasteiger partial charge in [0.1, 0.15) is 11.2 Å². The first-order valence-corrected chi connectivity index (χ1v) is 9.80. The van der Waals surface area contributed by atoms with Gasteiger partial charge in [-0.2, -0.15) is 0 Å². The van der Waals surface area contributed by atoms with E-state index >= 15 is 0 Å². The number of aliphatic hydroxyl groups excluding tert-OH is 1. The molecule has 6 heteroatoms. The number of aromatic amines is 1. The van der Waals surface area contributed by atoms with Crippen molar-refractivity contribution in [2.45, 2.75) is 43.7 Å². The van der Waals surface area contributed by atoms with Crippen LogP contribution < -0.4 is 0 Å². The highest BCUT2D eigenvalue weighted by molar-refractivity contribution is 5.92. The van der Waals surface area contributed by atoms with Gasteiger partial charge >= 0.3 is 5.97 Å². The number of nitrogens with one attached hydrogen (secondary N) is 1. The number of benzene rings is 1. The number of methoxy groups -OCH3 is 1. The van der Waals surface area contributed by atoms with Crippen LogP contribution in [0.5, 0.6) is 5.75 Å². The van der Waals surface area contributed by atoms with E-state index in [0.717, 1.165) is 54.5 Å². The van der Waals surface area contributed by atoms with Crippen LogP contribution in [-0.2, 0) is 21.4 Å². The van der Waals surface area contributed by atoms with Crippen LogP contribution in [0.1, 0.15) is 31.0 Å². The van der Waals surface area contributed by atoms with Crippen molar-refractivity contribution in [3.8, 4) is 5.75 Å². The molecule has 3 N–H and O–H groups in total. The zero-order chi connectivity index (χ0) is 18.9. The maximum absolute atomic E-state index is 13.3. The van der Waals surface area contributed by atoms with E-state index in [4.69, 9.17) is 4.74 Å². The minimum Gasteiger partial charge on any atom is -0.508 e. The third-order valence-electron chi connectivity index (χ3n) is 7.17. The number of piperidine rings is 2. The third-order valence-corrected chi connectivity index (χ3v) is 7.17. The molecule has 6 unspecified atom stereocenters. The summed E-state index contributed by atoms with van der Waals surface area (Å²) in [6.45, 7) is 3.69. The van der Waals surface area contributed by atoms with Crippen molar-refractivity contribution < 1.29 is 19.7 Å². The number of aromatic nitrogens is 1. The minimum absolute atomic E-state index is 0.0439.